The van der Waals surface area contributed by atoms with E-state index in [0.717, 1.165) is 19.6 Å². The van der Waals surface area contributed by atoms with E-state index in [1.807, 2.05) is 11.3 Å². The predicted molar refractivity (Wildman–Crippen MR) is 73.8 cm³/mol. The molecule has 0 radical (unpaired) electrons. The van der Waals surface area contributed by atoms with Crippen molar-refractivity contribution in [2.75, 3.05) is 13.2 Å². The lowest BCUT2D eigenvalue weighted by Gasteiger charge is -2.15. The van der Waals surface area contributed by atoms with Crippen LogP contribution >= 0.6 is 11.3 Å². The molecule has 1 aliphatic heterocycles. The molecule has 0 bridgehead atoms. The molecule has 0 aromatic carbocycles. The minimum atomic E-state index is 0.460. The van der Waals surface area contributed by atoms with E-state index in [4.69, 9.17) is 4.74 Å². The number of aryl methyl sites for hydroxylation is 2. The van der Waals surface area contributed by atoms with Crippen LogP contribution in [0, 0.1) is 13.8 Å². The summed E-state index contributed by atoms with van der Waals surface area (Å²) in [5, 5.41) is 3.61. The van der Waals surface area contributed by atoms with Crippen LogP contribution < -0.4 is 5.32 Å². The molecular weight excluding hydrogens is 230 g/mol. The summed E-state index contributed by atoms with van der Waals surface area (Å²) in [6, 6.07) is 2.77. The number of rotatable bonds is 5. The third kappa shape index (κ3) is 3.54. The van der Waals surface area contributed by atoms with Gasteiger partial charge in [0.1, 0.15) is 0 Å². The van der Waals surface area contributed by atoms with Gasteiger partial charge in [-0.05, 0) is 58.2 Å². The van der Waals surface area contributed by atoms with Gasteiger partial charge in [-0.15, -0.1) is 11.3 Å². The Morgan fingerprint density at radius 3 is 2.94 bits per heavy atom. The van der Waals surface area contributed by atoms with Crippen LogP contribution in [-0.2, 0) is 4.74 Å². The van der Waals surface area contributed by atoms with Crippen molar-refractivity contribution in [3.8, 4) is 0 Å². The molecule has 1 N–H and O–H groups in total. The molecule has 1 aromatic rings. The van der Waals surface area contributed by atoms with Gasteiger partial charge in [0, 0.05) is 22.4 Å². The summed E-state index contributed by atoms with van der Waals surface area (Å²) >= 11 is 1.89. The molecule has 2 nitrogen and oxygen atoms in total. The van der Waals surface area contributed by atoms with Crippen LogP contribution in [0.4, 0.5) is 0 Å². The van der Waals surface area contributed by atoms with Gasteiger partial charge in [-0.3, -0.25) is 0 Å². The number of ether oxygens (including phenoxy) is 1. The summed E-state index contributed by atoms with van der Waals surface area (Å²) in [7, 11) is 0. The zero-order chi connectivity index (χ0) is 12.3. The average Bonchev–Trinajstić information content (AvgIpc) is 2.88. The predicted octanol–water partition coefficient (Wildman–Crippen LogP) is 3.58. The molecule has 1 fully saturated rings. The van der Waals surface area contributed by atoms with Gasteiger partial charge in [0.2, 0.25) is 0 Å². The molecule has 0 aliphatic carbocycles. The smallest absolute Gasteiger partial charge is 0.0588 e. The fraction of sp³-hybridized carbons (Fsp3) is 0.714. The summed E-state index contributed by atoms with van der Waals surface area (Å²) in [4.78, 5) is 2.85. The van der Waals surface area contributed by atoms with Crippen LogP contribution in [-0.4, -0.2) is 19.3 Å². The van der Waals surface area contributed by atoms with Crippen molar-refractivity contribution in [1.29, 1.82) is 0 Å². The van der Waals surface area contributed by atoms with E-state index >= 15 is 0 Å². The summed E-state index contributed by atoms with van der Waals surface area (Å²) in [5.41, 5.74) is 1.46. The van der Waals surface area contributed by atoms with Crippen molar-refractivity contribution >= 4 is 11.3 Å². The highest BCUT2D eigenvalue weighted by molar-refractivity contribution is 7.12. The topological polar surface area (TPSA) is 21.3 Å². The third-order valence-electron chi connectivity index (χ3n) is 3.49. The summed E-state index contributed by atoms with van der Waals surface area (Å²) in [6.45, 7) is 8.67. The maximum Gasteiger partial charge on any atom is 0.0588 e. The molecule has 17 heavy (non-hydrogen) atoms. The van der Waals surface area contributed by atoms with Crippen LogP contribution in [0.25, 0.3) is 0 Å². The van der Waals surface area contributed by atoms with Crippen molar-refractivity contribution < 1.29 is 4.74 Å². The van der Waals surface area contributed by atoms with Crippen molar-refractivity contribution in [3.05, 3.63) is 21.4 Å². The van der Waals surface area contributed by atoms with Gasteiger partial charge >= 0.3 is 0 Å². The molecule has 1 saturated heterocycles. The Balaban J connectivity index is 1.76. The van der Waals surface area contributed by atoms with Gasteiger partial charge in [0.05, 0.1) is 6.10 Å². The van der Waals surface area contributed by atoms with Gasteiger partial charge < -0.3 is 10.1 Å². The van der Waals surface area contributed by atoms with Crippen LogP contribution in [0.1, 0.15) is 47.5 Å². The van der Waals surface area contributed by atoms with E-state index in [1.54, 1.807) is 0 Å². The molecular formula is C14H23NOS. The molecule has 1 aromatic heterocycles. The van der Waals surface area contributed by atoms with E-state index in [0.29, 0.717) is 12.1 Å². The SMILES string of the molecule is Cc1cc(C(C)NCCC2CCCO2)c(C)s1. The van der Waals surface area contributed by atoms with E-state index in [-0.39, 0.29) is 0 Å². The molecule has 3 heteroatoms. The molecule has 0 amide bonds. The minimum absolute atomic E-state index is 0.460. The third-order valence-corrected chi connectivity index (χ3v) is 4.47. The Morgan fingerprint density at radius 2 is 2.35 bits per heavy atom. The summed E-state index contributed by atoms with van der Waals surface area (Å²) < 4.78 is 5.63. The first kappa shape index (κ1) is 13.1. The second kappa shape index (κ2) is 5.98. The molecule has 0 saturated carbocycles. The van der Waals surface area contributed by atoms with Gasteiger partial charge in [-0.2, -0.15) is 0 Å². The quantitative estimate of drug-likeness (QED) is 0.866. The number of nitrogens with one attached hydrogen (secondary N) is 1. The van der Waals surface area contributed by atoms with Gasteiger partial charge in [-0.1, -0.05) is 0 Å². The molecule has 2 atom stereocenters. The minimum Gasteiger partial charge on any atom is -0.378 e. The van der Waals surface area contributed by atoms with Crippen LogP contribution in [0.2, 0.25) is 0 Å². The maximum atomic E-state index is 5.63. The number of thiophene rings is 1. The first-order chi connectivity index (χ1) is 8.16. The monoisotopic (exact) mass is 253 g/mol. The molecule has 2 heterocycles. The summed E-state index contributed by atoms with van der Waals surface area (Å²) in [5.74, 6) is 0. The zero-order valence-electron chi connectivity index (χ0n) is 11.1. The highest BCUT2D eigenvalue weighted by Crippen LogP contribution is 2.26. The molecule has 0 spiro atoms. The Morgan fingerprint density at radius 1 is 1.53 bits per heavy atom. The molecule has 2 unspecified atom stereocenters. The Hall–Kier alpha value is -0.380. The lowest BCUT2D eigenvalue weighted by molar-refractivity contribution is 0.103. The number of hydrogen-bond acceptors (Lipinski definition) is 3. The van der Waals surface area contributed by atoms with Crippen molar-refractivity contribution in [1.82, 2.24) is 5.32 Å². The largest absolute Gasteiger partial charge is 0.378 e. The molecule has 2 rings (SSSR count). The first-order valence-electron chi connectivity index (χ1n) is 6.58. The van der Waals surface area contributed by atoms with Crippen LogP contribution in [0.5, 0.6) is 0 Å². The normalized spacial score (nSPS) is 21.9. The highest BCUT2D eigenvalue weighted by atomic mass is 32.1. The van der Waals surface area contributed by atoms with Crippen LogP contribution in [0.3, 0.4) is 0 Å². The average molecular weight is 253 g/mol. The van der Waals surface area contributed by atoms with E-state index in [2.05, 4.69) is 32.2 Å². The fourth-order valence-electron chi connectivity index (χ4n) is 2.52. The van der Waals surface area contributed by atoms with Gasteiger partial charge in [0.15, 0.2) is 0 Å². The summed E-state index contributed by atoms with van der Waals surface area (Å²) in [6.07, 6.45) is 4.13. The second-order valence-electron chi connectivity index (χ2n) is 4.97. The van der Waals surface area contributed by atoms with E-state index < -0.39 is 0 Å². The zero-order valence-corrected chi connectivity index (χ0v) is 11.9. The maximum absolute atomic E-state index is 5.63. The van der Waals surface area contributed by atoms with Crippen molar-refractivity contribution in [2.45, 2.75) is 52.2 Å². The second-order valence-corrected chi connectivity index (χ2v) is 6.43. The first-order valence-corrected chi connectivity index (χ1v) is 7.40. The lowest BCUT2D eigenvalue weighted by atomic mass is 10.1. The fourth-order valence-corrected chi connectivity index (χ4v) is 3.55. The van der Waals surface area contributed by atoms with Crippen molar-refractivity contribution in [2.24, 2.45) is 0 Å². The van der Waals surface area contributed by atoms with E-state index in [1.165, 1.54) is 28.2 Å². The van der Waals surface area contributed by atoms with Crippen LogP contribution in [0.15, 0.2) is 6.07 Å². The van der Waals surface area contributed by atoms with Crippen molar-refractivity contribution in [3.63, 3.8) is 0 Å². The standard InChI is InChI=1S/C14H23NOS/c1-10-9-14(12(3)17-10)11(2)15-7-6-13-5-4-8-16-13/h9,11,13,15H,4-8H2,1-3H3. The Kier molecular flexibility index (Phi) is 4.60. The number of hydrogen-bond donors (Lipinski definition) is 1. The Bertz CT molecular complexity index is 355. The van der Waals surface area contributed by atoms with Gasteiger partial charge in [-0.25, -0.2) is 0 Å². The van der Waals surface area contributed by atoms with Gasteiger partial charge in [0.25, 0.3) is 0 Å². The Labute approximate surface area is 108 Å². The lowest BCUT2D eigenvalue weighted by Crippen LogP contribution is -2.23. The molecule has 1 aliphatic rings. The molecule has 96 valence electrons. The highest BCUT2D eigenvalue weighted by Gasteiger charge is 2.16. The van der Waals surface area contributed by atoms with E-state index in [9.17, 15) is 0 Å².